The van der Waals surface area contributed by atoms with Crippen LogP contribution < -0.4 is 10.6 Å². The number of hydrogen-bond acceptors (Lipinski definition) is 3. The van der Waals surface area contributed by atoms with Crippen molar-refractivity contribution >= 4 is 17.6 Å². The number of carbonyl (C=O) groups is 1. The molecule has 8 heteroatoms. The van der Waals surface area contributed by atoms with Crippen LogP contribution in [0.2, 0.25) is 5.02 Å². The monoisotopic (exact) mass is 348 g/mol. The van der Waals surface area contributed by atoms with Crippen molar-refractivity contribution in [2.75, 3.05) is 26.9 Å². The Kier molecular flexibility index (Phi) is 6.15. The zero-order valence-corrected chi connectivity index (χ0v) is 13.4. The number of urea groups is 1. The summed E-state index contributed by atoms with van der Waals surface area (Å²) in [6.45, 7) is 0.0259. The van der Waals surface area contributed by atoms with Gasteiger partial charge in [0.2, 0.25) is 0 Å². The molecule has 2 amide bonds. The lowest BCUT2D eigenvalue weighted by Gasteiger charge is -2.31. The van der Waals surface area contributed by atoms with E-state index in [1.165, 1.54) is 31.4 Å². The van der Waals surface area contributed by atoms with Crippen molar-refractivity contribution in [3.63, 3.8) is 0 Å². The van der Waals surface area contributed by atoms with Gasteiger partial charge in [0.05, 0.1) is 25.3 Å². The highest BCUT2D eigenvalue weighted by atomic mass is 35.5. The van der Waals surface area contributed by atoms with Gasteiger partial charge in [0.25, 0.3) is 5.92 Å². The largest absolute Gasteiger partial charge is 0.379 e. The van der Waals surface area contributed by atoms with Crippen molar-refractivity contribution in [1.29, 1.82) is 0 Å². The van der Waals surface area contributed by atoms with Crippen LogP contribution in [-0.4, -0.2) is 45.0 Å². The van der Waals surface area contributed by atoms with Crippen molar-refractivity contribution in [3.8, 4) is 0 Å². The molecule has 0 spiro atoms. The van der Waals surface area contributed by atoms with Crippen molar-refractivity contribution in [2.24, 2.45) is 0 Å². The van der Waals surface area contributed by atoms with Gasteiger partial charge in [0.15, 0.2) is 0 Å². The highest BCUT2D eigenvalue weighted by Crippen LogP contribution is 2.28. The maximum atomic E-state index is 14.0. The van der Waals surface area contributed by atoms with E-state index in [1.807, 2.05) is 0 Å². The summed E-state index contributed by atoms with van der Waals surface area (Å²) in [5.41, 5.74) is -0.210. The number of methoxy groups -OCH3 is 1. The van der Waals surface area contributed by atoms with Gasteiger partial charge in [-0.2, -0.15) is 8.78 Å². The molecule has 2 rings (SSSR count). The highest BCUT2D eigenvalue weighted by molar-refractivity contribution is 6.30. The molecule has 0 bridgehead atoms. The standard InChI is InChI=1S/C15H19ClF2N2O3/c1-22-13-6-7-23-8-12(13)20-14(21)19-9-15(17,18)10-2-4-11(16)5-3-10/h2-5,12-13H,6-9H2,1H3,(H2,19,20,21)/t12-,13-/m1/s1. The number of amides is 2. The molecule has 5 nitrogen and oxygen atoms in total. The van der Waals surface area contributed by atoms with Crippen LogP contribution >= 0.6 is 11.6 Å². The Morgan fingerprint density at radius 3 is 2.78 bits per heavy atom. The third-order valence-electron chi connectivity index (χ3n) is 3.65. The average Bonchev–Trinajstić information content (AvgIpc) is 2.54. The van der Waals surface area contributed by atoms with Crippen LogP contribution in [0.5, 0.6) is 0 Å². The summed E-state index contributed by atoms with van der Waals surface area (Å²) in [7, 11) is 1.54. The predicted molar refractivity (Wildman–Crippen MR) is 81.9 cm³/mol. The quantitative estimate of drug-likeness (QED) is 0.859. The number of alkyl halides is 2. The van der Waals surface area contributed by atoms with Crippen molar-refractivity contribution in [2.45, 2.75) is 24.5 Å². The van der Waals surface area contributed by atoms with Gasteiger partial charge >= 0.3 is 6.03 Å². The fraction of sp³-hybridized carbons (Fsp3) is 0.533. The highest BCUT2D eigenvalue weighted by Gasteiger charge is 2.33. The lowest BCUT2D eigenvalue weighted by Crippen LogP contribution is -2.54. The van der Waals surface area contributed by atoms with Gasteiger partial charge in [-0.25, -0.2) is 4.79 Å². The summed E-state index contributed by atoms with van der Waals surface area (Å²) in [4.78, 5) is 11.8. The normalized spacial score (nSPS) is 21.7. The number of nitrogens with one attached hydrogen (secondary N) is 2. The van der Waals surface area contributed by atoms with Crippen LogP contribution in [-0.2, 0) is 15.4 Å². The predicted octanol–water partition coefficient (Wildman–Crippen LogP) is 2.53. The van der Waals surface area contributed by atoms with E-state index in [0.29, 0.717) is 24.7 Å². The maximum absolute atomic E-state index is 14.0. The van der Waals surface area contributed by atoms with Crippen molar-refractivity contribution in [3.05, 3.63) is 34.9 Å². The Hall–Kier alpha value is -1.44. The molecular formula is C15H19ClF2N2O3. The molecule has 1 aliphatic rings. The lowest BCUT2D eigenvalue weighted by molar-refractivity contribution is -0.0341. The minimum Gasteiger partial charge on any atom is -0.379 e. The van der Waals surface area contributed by atoms with Crippen LogP contribution in [0.4, 0.5) is 13.6 Å². The van der Waals surface area contributed by atoms with Gasteiger partial charge < -0.3 is 20.1 Å². The molecule has 0 aliphatic carbocycles. The Bertz CT molecular complexity index is 528. The van der Waals surface area contributed by atoms with Gasteiger partial charge in [-0.05, 0) is 18.6 Å². The first-order valence-corrected chi connectivity index (χ1v) is 7.59. The van der Waals surface area contributed by atoms with E-state index in [4.69, 9.17) is 21.1 Å². The number of benzene rings is 1. The maximum Gasteiger partial charge on any atom is 0.315 e. The van der Waals surface area contributed by atoms with Crippen LogP contribution in [0.15, 0.2) is 24.3 Å². The van der Waals surface area contributed by atoms with E-state index in [-0.39, 0.29) is 17.7 Å². The van der Waals surface area contributed by atoms with E-state index >= 15 is 0 Å². The van der Waals surface area contributed by atoms with Gasteiger partial charge in [-0.15, -0.1) is 0 Å². The van der Waals surface area contributed by atoms with E-state index in [0.717, 1.165) is 0 Å². The third-order valence-corrected chi connectivity index (χ3v) is 3.90. The number of carbonyl (C=O) groups excluding carboxylic acids is 1. The summed E-state index contributed by atoms with van der Waals surface area (Å²) in [6, 6.07) is 4.19. The number of halogens is 3. The minimum absolute atomic E-state index is 0.189. The molecule has 0 aromatic heterocycles. The molecule has 1 aromatic carbocycles. The molecule has 1 aromatic rings. The second-order valence-corrected chi connectivity index (χ2v) is 5.72. The minimum atomic E-state index is -3.19. The van der Waals surface area contributed by atoms with E-state index in [9.17, 15) is 13.6 Å². The Morgan fingerprint density at radius 1 is 1.43 bits per heavy atom. The van der Waals surface area contributed by atoms with Gasteiger partial charge in [0, 0.05) is 24.3 Å². The fourth-order valence-corrected chi connectivity index (χ4v) is 2.47. The molecule has 1 aliphatic heterocycles. The van der Waals surface area contributed by atoms with Crippen LogP contribution in [0.3, 0.4) is 0 Å². The molecule has 0 radical (unpaired) electrons. The third kappa shape index (κ3) is 5.02. The molecule has 23 heavy (non-hydrogen) atoms. The van der Waals surface area contributed by atoms with Crippen LogP contribution in [0.1, 0.15) is 12.0 Å². The second kappa shape index (κ2) is 7.90. The smallest absolute Gasteiger partial charge is 0.315 e. The van der Waals surface area contributed by atoms with Crippen molar-refractivity contribution in [1.82, 2.24) is 10.6 Å². The Balaban J connectivity index is 1.86. The van der Waals surface area contributed by atoms with Crippen molar-refractivity contribution < 1.29 is 23.0 Å². The Labute approximate surface area is 138 Å². The van der Waals surface area contributed by atoms with E-state index < -0.39 is 18.5 Å². The Morgan fingerprint density at radius 2 is 2.13 bits per heavy atom. The summed E-state index contributed by atoms with van der Waals surface area (Å²) in [5, 5.41) is 5.16. The SMILES string of the molecule is CO[C@@H]1CCOC[C@H]1NC(=O)NCC(F)(F)c1ccc(Cl)cc1. The second-order valence-electron chi connectivity index (χ2n) is 5.28. The molecule has 128 valence electrons. The van der Waals surface area contributed by atoms with Crippen LogP contribution in [0, 0.1) is 0 Å². The van der Waals surface area contributed by atoms with E-state index in [2.05, 4.69) is 10.6 Å². The van der Waals surface area contributed by atoms with Crippen LogP contribution in [0.25, 0.3) is 0 Å². The topological polar surface area (TPSA) is 59.6 Å². The van der Waals surface area contributed by atoms with Gasteiger partial charge in [-0.1, -0.05) is 23.7 Å². The van der Waals surface area contributed by atoms with Gasteiger partial charge in [-0.3, -0.25) is 0 Å². The first-order valence-electron chi connectivity index (χ1n) is 7.21. The molecule has 0 saturated carbocycles. The zero-order chi connectivity index (χ0) is 16.9. The number of ether oxygens (including phenoxy) is 2. The first kappa shape index (κ1) is 17.9. The summed E-state index contributed by atoms with van der Waals surface area (Å²) in [6.07, 6.45) is 0.453. The molecule has 2 atom stereocenters. The summed E-state index contributed by atoms with van der Waals surface area (Å²) >= 11 is 5.68. The number of hydrogen-bond donors (Lipinski definition) is 2. The fourth-order valence-electron chi connectivity index (χ4n) is 2.34. The number of rotatable bonds is 5. The molecule has 1 fully saturated rings. The average molecular weight is 349 g/mol. The van der Waals surface area contributed by atoms with E-state index in [1.54, 1.807) is 0 Å². The molecular weight excluding hydrogens is 330 g/mol. The molecule has 1 heterocycles. The molecule has 2 N–H and O–H groups in total. The lowest BCUT2D eigenvalue weighted by atomic mass is 10.1. The van der Waals surface area contributed by atoms with Gasteiger partial charge in [0.1, 0.15) is 0 Å². The summed E-state index contributed by atoms with van der Waals surface area (Å²) < 4.78 is 38.6. The zero-order valence-electron chi connectivity index (χ0n) is 12.7. The molecule has 0 unspecified atom stereocenters. The molecule has 1 saturated heterocycles. The first-order chi connectivity index (χ1) is 10.9. The summed E-state index contributed by atoms with van der Waals surface area (Å²) in [5.74, 6) is -3.19.